The Morgan fingerprint density at radius 3 is 2.42 bits per heavy atom. The number of benzene rings is 1. The van der Waals surface area contributed by atoms with Crippen molar-refractivity contribution in [2.45, 2.75) is 4.90 Å². The fraction of sp³-hybridized carbons (Fsp3) is 0.300. The zero-order valence-electron chi connectivity index (χ0n) is 9.80. The zero-order chi connectivity index (χ0) is 14.8. The van der Waals surface area contributed by atoms with Gasteiger partial charge in [0.2, 0.25) is 10.0 Å². The minimum Gasteiger partial charge on any atom is -0.478 e. The van der Waals surface area contributed by atoms with Crippen LogP contribution in [-0.2, 0) is 10.0 Å². The maximum atomic E-state index is 12.1. The molecule has 6 nitrogen and oxygen atoms in total. The van der Waals surface area contributed by atoms with Crippen molar-refractivity contribution in [2.24, 2.45) is 0 Å². The largest absolute Gasteiger partial charge is 0.478 e. The number of hydrogen-bond acceptors (Lipinski definition) is 4. The Morgan fingerprint density at radius 2 is 1.95 bits per heavy atom. The van der Waals surface area contributed by atoms with Crippen LogP contribution in [0.1, 0.15) is 10.4 Å². The molecular weight excluding hydrogens is 317 g/mol. The number of sulfonamides is 1. The van der Waals surface area contributed by atoms with Crippen molar-refractivity contribution >= 4 is 39.2 Å². The first-order valence-electron chi connectivity index (χ1n) is 5.01. The quantitative estimate of drug-likeness (QED) is 0.850. The highest BCUT2D eigenvalue weighted by Crippen LogP contribution is 2.31. The first kappa shape index (κ1) is 16.2. The van der Waals surface area contributed by atoms with Crippen LogP contribution in [0.5, 0.6) is 0 Å². The summed E-state index contributed by atoms with van der Waals surface area (Å²) in [5, 5.41) is 17.2. The van der Waals surface area contributed by atoms with E-state index in [4.69, 9.17) is 33.4 Å². The molecule has 1 aromatic carbocycles. The van der Waals surface area contributed by atoms with Gasteiger partial charge >= 0.3 is 5.97 Å². The third-order valence-electron chi connectivity index (χ3n) is 2.34. The molecule has 19 heavy (non-hydrogen) atoms. The summed E-state index contributed by atoms with van der Waals surface area (Å²) in [6, 6.07) is 2.14. The second-order valence-electron chi connectivity index (χ2n) is 3.62. The highest BCUT2D eigenvalue weighted by molar-refractivity contribution is 7.89. The number of hydrogen-bond donors (Lipinski definition) is 2. The van der Waals surface area contributed by atoms with Crippen molar-refractivity contribution in [1.29, 1.82) is 0 Å². The SMILES string of the molecule is CN(CCO)S(=O)(=O)c1cc(Cl)cc(C(=O)O)c1Cl. The van der Waals surface area contributed by atoms with Gasteiger partial charge in [-0.3, -0.25) is 0 Å². The van der Waals surface area contributed by atoms with Crippen LogP contribution in [0.2, 0.25) is 10.0 Å². The maximum Gasteiger partial charge on any atom is 0.337 e. The number of rotatable bonds is 5. The normalized spacial score (nSPS) is 11.8. The molecule has 0 radical (unpaired) electrons. The van der Waals surface area contributed by atoms with Crippen molar-refractivity contribution in [3.05, 3.63) is 27.7 Å². The van der Waals surface area contributed by atoms with E-state index in [-0.39, 0.29) is 18.2 Å². The Morgan fingerprint density at radius 1 is 1.37 bits per heavy atom. The number of carboxylic acid groups (broad SMARTS) is 1. The van der Waals surface area contributed by atoms with Crippen LogP contribution in [-0.4, -0.2) is 49.1 Å². The molecule has 0 unspecified atom stereocenters. The summed E-state index contributed by atoms with van der Waals surface area (Å²) < 4.78 is 25.2. The van der Waals surface area contributed by atoms with Crippen LogP contribution in [0.3, 0.4) is 0 Å². The van der Waals surface area contributed by atoms with Gasteiger partial charge in [-0.2, -0.15) is 4.31 Å². The van der Waals surface area contributed by atoms with E-state index in [2.05, 4.69) is 0 Å². The molecule has 106 valence electrons. The molecule has 1 rings (SSSR count). The summed E-state index contributed by atoms with van der Waals surface area (Å²) in [6.45, 7) is -0.521. The predicted octanol–water partition coefficient (Wildman–Crippen LogP) is 1.30. The molecule has 0 bridgehead atoms. The van der Waals surface area contributed by atoms with Gasteiger partial charge in [-0.05, 0) is 12.1 Å². The van der Waals surface area contributed by atoms with E-state index in [1.165, 1.54) is 7.05 Å². The summed E-state index contributed by atoms with van der Waals surface area (Å²) in [4.78, 5) is 10.5. The number of aliphatic hydroxyl groups is 1. The zero-order valence-corrected chi connectivity index (χ0v) is 12.1. The lowest BCUT2D eigenvalue weighted by molar-refractivity contribution is 0.0697. The second kappa shape index (κ2) is 6.06. The first-order valence-corrected chi connectivity index (χ1v) is 7.21. The van der Waals surface area contributed by atoms with Gasteiger partial charge in [0.15, 0.2) is 0 Å². The fourth-order valence-corrected chi connectivity index (χ4v) is 3.37. The Balaban J connectivity index is 3.47. The van der Waals surface area contributed by atoms with E-state index in [1.807, 2.05) is 0 Å². The topological polar surface area (TPSA) is 94.9 Å². The summed E-state index contributed by atoms with van der Waals surface area (Å²) in [6.07, 6.45) is 0. The lowest BCUT2D eigenvalue weighted by atomic mass is 10.2. The van der Waals surface area contributed by atoms with Crippen LogP contribution in [0.4, 0.5) is 0 Å². The fourth-order valence-electron chi connectivity index (χ4n) is 1.34. The number of halogens is 2. The maximum absolute atomic E-state index is 12.1. The second-order valence-corrected chi connectivity index (χ2v) is 6.45. The number of likely N-dealkylation sites (N-methyl/N-ethyl adjacent to an activating group) is 1. The summed E-state index contributed by atoms with van der Waals surface area (Å²) in [5.41, 5.74) is -0.398. The Labute approximate surface area is 120 Å². The molecule has 0 aliphatic rings. The minimum atomic E-state index is -4.02. The minimum absolute atomic E-state index is 0.0576. The molecule has 0 fully saturated rings. The molecule has 0 saturated carbocycles. The third kappa shape index (κ3) is 3.37. The van der Waals surface area contributed by atoms with Gasteiger partial charge in [0.05, 0.1) is 17.2 Å². The van der Waals surface area contributed by atoms with Crippen LogP contribution in [0.15, 0.2) is 17.0 Å². The first-order chi connectivity index (χ1) is 8.71. The highest BCUT2D eigenvalue weighted by atomic mass is 35.5. The molecular formula is C10H11Cl2NO5S. The van der Waals surface area contributed by atoms with E-state index in [0.717, 1.165) is 16.4 Å². The number of carboxylic acids is 1. The smallest absolute Gasteiger partial charge is 0.337 e. The molecule has 0 saturated heterocycles. The highest BCUT2D eigenvalue weighted by Gasteiger charge is 2.27. The van der Waals surface area contributed by atoms with Crippen molar-refractivity contribution in [3.8, 4) is 0 Å². The van der Waals surface area contributed by atoms with Crippen molar-refractivity contribution < 1.29 is 23.4 Å². The van der Waals surface area contributed by atoms with Gasteiger partial charge in [-0.15, -0.1) is 0 Å². The average Bonchev–Trinajstić information content (AvgIpc) is 2.31. The van der Waals surface area contributed by atoms with E-state index in [9.17, 15) is 13.2 Å². The van der Waals surface area contributed by atoms with Crippen LogP contribution in [0.25, 0.3) is 0 Å². The predicted molar refractivity (Wildman–Crippen MR) is 70.3 cm³/mol. The molecule has 9 heteroatoms. The monoisotopic (exact) mass is 327 g/mol. The van der Waals surface area contributed by atoms with Gasteiger partial charge in [-0.25, -0.2) is 13.2 Å². The molecule has 0 spiro atoms. The average molecular weight is 328 g/mol. The summed E-state index contributed by atoms with van der Waals surface area (Å²) >= 11 is 11.5. The number of aliphatic hydroxyl groups excluding tert-OH is 1. The summed E-state index contributed by atoms with van der Waals surface area (Å²) in [7, 11) is -2.78. The van der Waals surface area contributed by atoms with Gasteiger partial charge < -0.3 is 10.2 Å². The number of aromatic carboxylic acids is 1. The van der Waals surface area contributed by atoms with Crippen molar-refractivity contribution in [1.82, 2.24) is 4.31 Å². The van der Waals surface area contributed by atoms with Crippen molar-refractivity contribution in [2.75, 3.05) is 20.2 Å². The van der Waals surface area contributed by atoms with Crippen LogP contribution < -0.4 is 0 Å². The van der Waals surface area contributed by atoms with Crippen LogP contribution in [0, 0.1) is 0 Å². The molecule has 0 aromatic heterocycles. The van der Waals surface area contributed by atoms with Gasteiger partial charge in [0.1, 0.15) is 4.90 Å². The molecule has 0 heterocycles. The Bertz CT molecular complexity index is 602. The van der Waals surface area contributed by atoms with E-state index >= 15 is 0 Å². The van der Waals surface area contributed by atoms with Crippen molar-refractivity contribution in [3.63, 3.8) is 0 Å². The van der Waals surface area contributed by atoms with E-state index in [0.29, 0.717) is 0 Å². The lowest BCUT2D eigenvalue weighted by Crippen LogP contribution is -2.30. The van der Waals surface area contributed by atoms with Crippen LogP contribution >= 0.6 is 23.2 Å². The lowest BCUT2D eigenvalue weighted by Gasteiger charge is -2.17. The molecule has 0 amide bonds. The van der Waals surface area contributed by atoms with E-state index < -0.39 is 31.5 Å². The third-order valence-corrected chi connectivity index (χ3v) is 4.96. The molecule has 0 aliphatic heterocycles. The summed E-state index contributed by atoms with van der Waals surface area (Å²) in [5.74, 6) is -1.38. The Hall–Kier alpha value is -0.860. The van der Waals surface area contributed by atoms with Gasteiger partial charge in [0, 0.05) is 18.6 Å². The molecule has 2 N–H and O–H groups in total. The Kier molecular flexibility index (Phi) is 5.17. The van der Waals surface area contributed by atoms with Gasteiger partial charge in [0.25, 0.3) is 0 Å². The standard InChI is InChI=1S/C10H11Cl2NO5S/c1-13(2-3-14)19(17,18)8-5-6(11)4-7(9(8)12)10(15)16/h4-5,14H,2-3H2,1H3,(H,15,16). The van der Waals surface area contributed by atoms with E-state index in [1.54, 1.807) is 0 Å². The number of carbonyl (C=O) groups is 1. The van der Waals surface area contributed by atoms with Gasteiger partial charge in [-0.1, -0.05) is 23.2 Å². The number of nitrogens with zero attached hydrogens (tertiary/aromatic N) is 1. The molecule has 0 atom stereocenters. The molecule has 0 aliphatic carbocycles. The molecule has 1 aromatic rings.